The summed E-state index contributed by atoms with van der Waals surface area (Å²) < 4.78 is 5.22. The maximum Gasteiger partial charge on any atom is 0.123 e. The number of rotatable bonds is 4. The fourth-order valence-electron chi connectivity index (χ4n) is 1.74. The van der Waals surface area contributed by atoms with Crippen LogP contribution in [0.4, 0.5) is 0 Å². The Morgan fingerprint density at radius 3 is 2.83 bits per heavy atom. The van der Waals surface area contributed by atoms with Gasteiger partial charge in [0.1, 0.15) is 10.8 Å². The summed E-state index contributed by atoms with van der Waals surface area (Å²) in [5.41, 5.74) is 7.91. The van der Waals surface area contributed by atoms with Crippen molar-refractivity contribution in [3.63, 3.8) is 0 Å². The predicted molar refractivity (Wildman–Crippen MR) is 76.1 cm³/mol. The van der Waals surface area contributed by atoms with Crippen molar-refractivity contribution < 1.29 is 4.74 Å². The van der Waals surface area contributed by atoms with Gasteiger partial charge in [-0.1, -0.05) is 12.1 Å². The van der Waals surface area contributed by atoms with Gasteiger partial charge in [-0.15, -0.1) is 11.3 Å². The number of nitrogens with zero attached hydrogens (tertiary/aromatic N) is 1. The first-order valence-corrected chi connectivity index (χ1v) is 6.73. The van der Waals surface area contributed by atoms with E-state index in [1.54, 1.807) is 18.4 Å². The molecule has 0 fully saturated rings. The summed E-state index contributed by atoms with van der Waals surface area (Å²) in [6.07, 6.45) is 0.785. The minimum absolute atomic E-state index is 0.222. The highest BCUT2D eigenvalue weighted by Gasteiger charge is 2.14. The molecule has 2 aromatic rings. The van der Waals surface area contributed by atoms with Crippen LogP contribution < -0.4 is 10.5 Å². The lowest BCUT2D eigenvalue weighted by Gasteiger charge is -2.16. The summed E-state index contributed by atoms with van der Waals surface area (Å²) in [6, 6.07) is 7.94. The number of ether oxygens (including phenoxy) is 1. The molecule has 0 saturated heterocycles. The van der Waals surface area contributed by atoms with Gasteiger partial charge < -0.3 is 10.5 Å². The Morgan fingerprint density at radius 2 is 2.17 bits per heavy atom. The van der Waals surface area contributed by atoms with Crippen LogP contribution in [0.3, 0.4) is 0 Å². The first-order valence-electron chi connectivity index (χ1n) is 5.86. The maximum absolute atomic E-state index is 6.01. The van der Waals surface area contributed by atoms with E-state index in [0.29, 0.717) is 0 Å². The van der Waals surface area contributed by atoms with Crippen LogP contribution >= 0.6 is 11.3 Å². The van der Waals surface area contributed by atoms with E-state index < -0.39 is 0 Å². The molecular weight excluding hydrogens is 244 g/mol. The molecule has 0 radical (unpaired) electrons. The maximum atomic E-state index is 6.01. The molecule has 3 nitrogen and oxygen atoms in total. The second-order valence-electron chi connectivity index (χ2n) is 5.04. The van der Waals surface area contributed by atoms with E-state index in [1.807, 2.05) is 38.1 Å². The molecule has 18 heavy (non-hydrogen) atoms. The standard InChI is InChI=1S/C14H18N2OS/c1-14(2,15)8-11-9-18-13(16-11)10-5-4-6-12(7-10)17-3/h4-7,9H,8,15H2,1-3H3. The van der Waals surface area contributed by atoms with Crippen LogP contribution in [0.1, 0.15) is 19.5 Å². The van der Waals surface area contributed by atoms with E-state index in [4.69, 9.17) is 10.5 Å². The Morgan fingerprint density at radius 1 is 1.39 bits per heavy atom. The van der Waals surface area contributed by atoms with Gasteiger partial charge in [0.25, 0.3) is 0 Å². The third-order valence-electron chi connectivity index (χ3n) is 2.51. The highest BCUT2D eigenvalue weighted by Crippen LogP contribution is 2.27. The van der Waals surface area contributed by atoms with Gasteiger partial charge in [0, 0.05) is 22.9 Å². The van der Waals surface area contributed by atoms with Gasteiger partial charge in [-0.05, 0) is 26.0 Å². The van der Waals surface area contributed by atoms with Gasteiger partial charge in [-0.2, -0.15) is 0 Å². The molecular formula is C14H18N2OS. The Bertz CT molecular complexity index is 529. The van der Waals surface area contributed by atoms with Crippen molar-refractivity contribution in [3.8, 4) is 16.3 Å². The molecule has 2 rings (SSSR count). The lowest BCUT2D eigenvalue weighted by molar-refractivity contribution is 0.415. The Hall–Kier alpha value is -1.39. The van der Waals surface area contributed by atoms with E-state index in [2.05, 4.69) is 10.4 Å². The number of nitrogens with two attached hydrogens (primary N) is 1. The van der Waals surface area contributed by atoms with Crippen LogP contribution in [-0.2, 0) is 6.42 Å². The zero-order valence-electron chi connectivity index (χ0n) is 10.9. The van der Waals surface area contributed by atoms with Gasteiger partial charge in [0.15, 0.2) is 0 Å². The van der Waals surface area contributed by atoms with Crippen LogP contribution in [0, 0.1) is 0 Å². The van der Waals surface area contributed by atoms with Crippen molar-refractivity contribution >= 4 is 11.3 Å². The van der Waals surface area contributed by atoms with Crippen LogP contribution in [0.2, 0.25) is 0 Å². The molecule has 0 saturated carbocycles. The minimum Gasteiger partial charge on any atom is -0.497 e. The Labute approximate surface area is 112 Å². The molecule has 0 amide bonds. The number of aromatic nitrogens is 1. The van der Waals surface area contributed by atoms with Crippen molar-refractivity contribution in [3.05, 3.63) is 35.3 Å². The molecule has 1 aromatic heterocycles. The number of hydrogen-bond acceptors (Lipinski definition) is 4. The normalized spacial score (nSPS) is 11.6. The number of hydrogen-bond donors (Lipinski definition) is 1. The molecule has 0 spiro atoms. The summed E-state index contributed by atoms with van der Waals surface area (Å²) in [5.74, 6) is 0.850. The van der Waals surface area contributed by atoms with Gasteiger partial charge in [0.2, 0.25) is 0 Å². The van der Waals surface area contributed by atoms with E-state index in [0.717, 1.165) is 28.4 Å². The van der Waals surface area contributed by atoms with Crippen LogP contribution in [-0.4, -0.2) is 17.6 Å². The van der Waals surface area contributed by atoms with Crippen molar-refractivity contribution in [1.29, 1.82) is 0 Å². The number of benzene rings is 1. The van der Waals surface area contributed by atoms with Crippen LogP contribution in [0.25, 0.3) is 10.6 Å². The van der Waals surface area contributed by atoms with E-state index >= 15 is 0 Å². The van der Waals surface area contributed by atoms with Crippen molar-refractivity contribution in [2.75, 3.05) is 7.11 Å². The molecule has 1 heterocycles. The lowest BCUT2D eigenvalue weighted by Crippen LogP contribution is -2.34. The summed E-state index contributed by atoms with van der Waals surface area (Å²) in [5, 5.41) is 3.08. The van der Waals surface area contributed by atoms with Crippen molar-refractivity contribution in [1.82, 2.24) is 4.98 Å². The second kappa shape index (κ2) is 5.08. The Kier molecular flexibility index (Phi) is 3.68. The SMILES string of the molecule is COc1cccc(-c2nc(CC(C)(C)N)cs2)c1. The zero-order valence-corrected chi connectivity index (χ0v) is 11.8. The largest absolute Gasteiger partial charge is 0.497 e. The van der Waals surface area contributed by atoms with Crippen molar-refractivity contribution in [2.24, 2.45) is 5.73 Å². The highest BCUT2D eigenvalue weighted by atomic mass is 32.1. The molecule has 0 aliphatic carbocycles. The molecule has 4 heteroatoms. The highest BCUT2D eigenvalue weighted by molar-refractivity contribution is 7.13. The van der Waals surface area contributed by atoms with Gasteiger partial charge >= 0.3 is 0 Å². The first kappa shape index (κ1) is 13.1. The first-order chi connectivity index (χ1) is 8.48. The van der Waals surface area contributed by atoms with Gasteiger partial charge in [-0.25, -0.2) is 4.98 Å². The fraction of sp³-hybridized carbons (Fsp3) is 0.357. The monoisotopic (exact) mass is 262 g/mol. The Balaban J connectivity index is 2.23. The average molecular weight is 262 g/mol. The van der Waals surface area contributed by atoms with Crippen molar-refractivity contribution in [2.45, 2.75) is 25.8 Å². The molecule has 1 aromatic carbocycles. The summed E-state index contributed by atoms with van der Waals surface area (Å²) in [7, 11) is 1.67. The van der Waals surface area contributed by atoms with E-state index in [1.165, 1.54) is 0 Å². The van der Waals surface area contributed by atoms with E-state index in [-0.39, 0.29) is 5.54 Å². The molecule has 96 valence electrons. The third-order valence-corrected chi connectivity index (χ3v) is 3.45. The van der Waals surface area contributed by atoms with Gasteiger partial charge in [0.05, 0.1) is 12.8 Å². The van der Waals surface area contributed by atoms with Crippen LogP contribution in [0.15, 0.2) is 29.6 Å². The third kappa shape index (κ3) is 3.31. The zero-order chi connectivity index (χ0) is 13.2. The quantitative estimate of drug-likeness (QED) is 0.921. The smallest absolute Gasteiger partial charge is 0.123 e. The fourth-order valence-corrected chi connectivity index (χ4v) is 2.56. The molecule has 0 aliphatic rings. The molecule has 0 atom stereocenters. The lowest BCUT2D eigenvalue weighted by atomic mass is 10.0. The minimum atomic E-state index is -0.222. The molecule has 0 bridgehead atoms. The molecule has 0 unspecified atom stereocenters. The van der Waals surface area contributed by atoms with Crippen LogP contribution in [0.5, 0.6) is 5.75 Å². The predicted octanol–water partition coefficient (Wildman–Crippen LogP) is 3.10. The van der Waals surface area contributed by atoms with Gasteiger partial charge in [-0.3, -0.25) is 0 Å². The summed E-state index contributed by atoms with van der Waals surface area (Å²) >= 11 is 1.64. The molecule has 0 aliphatic heterocycles. The van der Waals surface area contributed by atoms with E-state index in [9.17, 15) is 0 Å². The summed E-state index contributed by atoms with van der Waals surface area (Å²) in [4.78, 5) is 4.62. The number of methoxy groups -OCH3 is 1. The topological polar surface area (TPSA) is 48.1 Å². The number of thiazole rings is 1. The second-order valence-corrected chi connectivity index (χ2v) is 5.90. The average Bonchev–Trinajstić information content (AvgIpc) is 2.75. The summed E-state index contributed by atoms with van der Waals surface area (Å²) in [6.45, 7) is 4.02. The molecule has 2 N–H and O–H groups in total.